The van der Waals surface area contributed by atoms with E-state index in [9.17, 15) is 9.59 Å². The van der Waals surface area contributed by atoms with Crippen molar-refractivity contribution in [3.63, 3.8) is 0 Å². The van der Waals surface area contributed by atoms with Crippen molar-refractivity contribution < 1.29 is 19.1 Å². The van der Waals surface area contributed by atoms with Crippen molar-refractivity contribution in [1.82, 2.24) is 0 Å². The van der Waals surface area contributed by atoms with Gasteiger partial charge in [0, 0.05) is 12.8 Å². The summed E-state index contributed by atoms with van der Waals surface area (Å²) in [4.78, 5) is 22.8. The van der Waals surface area contributed by atoms with Crippen LogP contribution in [0, 0.1) is 0 Å². The van der Waals surface area contributed by atoms with E-state index in [1.807, 2.05) is 13.8 Å². The minimum atomic E-state index is -0.0795. The van der Waals surface area contributed by atoms with Gasteiger partial charge in [-0.05, 0) is 32.6 Å². The zero-order chi connectivity index (χ0) is 16.6. The Kier molecular flexibility index (Phi) is 14.1. The minimum absolute atomic E-state index is 0.0320. The van der Waals surface area contributed by atoms with E-state index in [0.717, 1.165) is 57.8 Å². The highest BCUT2D eigenvalue weighted by atomic mass is 16.5. The normalized spacial score (nSPS) is 12.0. The zero-order valence-corrected chi connectivity index (χ0v) is 14.7. The number of carbonyl (C=O) groups excluding carboxylic acids is 2. The molecule has 0 aromatic rings. The molecule has 0 aliphatic rings. The molecule has 1 unspecified atom stereocenters. The molecule has 0 fully saturated rings. The SMILES string of the molecule is CCCCOC(=O)CCCCCCCCC(=O)OC(C)CC. The average molecular weight is 314 g/mol. The summed E-state index contributed by atoms with van der Waals surface area (Å²) >= 11 is 0. The maximum Gasteiger partial charge on any atom is 0.306 e. The van der Waals surface area contributed by atoms with Gasteiger partial charge in [-0.3, -0.25) is 9.59 Å². The first kappa shape index (κ1) is 20.9. The summed E-state index contributed by atoms with van der Waals surface area (Å²) in [6.07, 6.45) is 10.1. The van der Waals surface area contributed by atoms with Crippen LogP contribution in [0.25, 0.3) is 0 Å². The molecule has 0 saturated carbocycles. The van der Waals surface area contributed by atoms with Gasteiger partial charge in [-0.25, -0.2) is 0 Å². The predicted octanol–water partition coefficient (Wildman–Crippen LogP) is 4.79. The maximum atomic E-state index is 11.5. The molecule has 22 heavy (non-hydrogen) atoms. The lowest BCUT2D eigenvalue weighted by atomic mass is 10.1. The molecule has 0 rings (SSSR count). The second-order valence-corrected chi connectivity index (χ2v) is 5.90. The molecular formula is C18H34O4. The Morgan fingerprint density at radius 3 is 1.91 bits per heavy atom. The van der Waals surface area contributed by atoms with Crippen molar-refractivity contribution in [2.45, 2.75) is 97.5 Å². The number of carbonyl (C=O) groups is 2. The van der Waals surface area contributed by atoms with Crippen LogP contribution in [-0.4, -0.2) is 24.6 Å². The van der Waals surface area contributed by atoms with Crippen LogP contribution in [0.4, 0.5) is 0 Å². The Morgan fingerprint density at radius 2 is 1.36 bits per heavy atom. The number of hydrogen-bond acceptors (Lipinski definition) is 4. The number of rotatable bonds is 14. The summed E-state index contributed by atoms with van der Waals surface area (Å²) in [5, 5.41) is 0. The molecule has 0 spiro atoms. The molecule has 4 nitrogen and oxygen atoms in total. The van der Waals surface area contributed by atoms with Crippen molar-refractivity contribution in [2.75, 3.05) is 6.61 Å². The molecule has 0 N–H and O–H groups in total. The minimum Gasteiger partial charge on any atom is -0.466 e. The molecule has 4 heteroatoms. The van der Waals surface area contributed by atoms with Gasteiger partial charge in [0.1, 0.15) is 0 Å². The van der Waals surface area contributed by atoms with Gasteiger partial charge in [0.25, 0.3) is 0 Å². The molecule has 0 radical (unpaired) electrons. The summed E-state index contributed by atoms with van der Waals surface area (Å²) in [6, 6.07) is 0. The van der Waals surface area contributed by atoms with Crippen LogP contribution in [0.5, 0.6) is 0 Å². The number of esters is 2. The first-order valence-corrected chi connectivity index (χ1v) is 8.95. The smallest absolute Gasteiger partial charge is 0.306 e. The van der Waals surface area contributed by atoms with Crippen molar-refractivity contribution >= 4 is 11.9 Å². The Labute approximate surface area is 135 Å². The molecule has 0 amide bonds. The Balaban J connectivity index is 3.29. The highest BCUT2D eigenvalue weighted by Gasteiger charge is 2.07. The highest BCUT2D eigenvalue weighted by Crippen LogP contribution is 2.10. The molecule has 0 saturated heterocycles. The standard InChI is InChI=1S/C18H34O4/c1-4-6-15-21-17(19)13-11-9-7-8-10-12-14-18(20)22-16(3)5-2/h16H,4-15H2,1-3H3. The Hall–Kier alpha value is -1.06. The van der Waals surface area contributed by atoms with Crippen molar-refractivity contribution in [3.8, 4) is 0 Å². The molecule has 0 heterocycles. The molecule has 0 bridgehead atoms. The lowest BCUT2D eigenvalue weighted by Crippen LogP contribution is -2.13. The zero-order valence-electron chi connectivity index (χ0n) is 14.7. The van der Waals surface area contributed by atoms with Gasteiger partial charge in [-0.15, -0.1) is 0 Å². The first-order valence-electron chi connectivity index (χ1n) is 8.95. The van der Waals surface area contributed by atoms with Crippen LogP contribution in [0.1, 0.15) is 91.4 Å². The van der Waals surface area contributed by atoms with E-state index in [0.29, 0.717) is 19.4 Å². The topological polar surface area (TPSA) is 52.6 Å². The van der Waals surface area contributed by atoms with E-state index in [-0.39, 0.29) is 18.0 Å². The summed E-state index contributed by atoms with van der Waals surface area (Å²) in [5.41, 5.74) is 0. The van der Waals surface area contributed by atoms with Gasteiger partial charge < -0.3 is 9.47 Å². The maximum absolute atomic E-state index is 11.5. The summed E-state index contributed by atoms with van der Waals surface area (Å²) < 4.78 is 10.3. The van der Waals surface area contributed by atoms with Crippen LogP contribution in [0.2, 0.25) is 0 Å². The van der Waals surface area contributed by atoms with E-state index in [2.05, 4.69) is 6.92 Å². The lowest BCUT2D eigenvalue weighted by Gasteiger charge is -2.10. The molecule has 0 aromatic carbocycles. The van der Waals surface area contributed by atoms with Crippen LogP contribution in [0.15, 0.2) is 0 Å². The van der Waals surface area contributed by atoms with Crippen LogP contribution in [0.3, 0.4) is 0 Å². The molecule has 1 atom stereocenters. The lowest BCUT2D eigenvalue weighted by molar-refractivity contribution is -0.148. The van der Waals surface area contributed by atoms with Crippen molar-refractivity contribution in [3.05, 3.63) is 0 Å². The van der Waals surface area contributed by atoms with E-state index in [1.165, 1.54) is 0 Å². The van der Waals surface area contributed by atoms with E-state index in [4.69, 9.17) is 9.47 Å². The van der Waals surface area contributed by atoms with Crippen LogP contribution >= 0.6 is 0 Å². The molecule has 0 aliphatic heterocycles. The summed E-state index contributed by atoms with van der Waals surface area (Å²) in [7, 11) is 0. The third-order valence-corrected chi connectivity index (χ3v) is 3.68. The van der Waals surface area contributed by atoms with Crippen LogP contribution < -0.4 is 0 Å². The monoisotopic (exact) mass is 314 g/mol. The van der Waals surface area contributed by atoms with E-state index >= 15 is 0 Å². The fourth-order valence-electron chi connectivity index (χ4n) is 2.01. The molecular weight excluding hydrogens is 280 g/mol. The quantitative estimate of drug-likeness (QED) is 0.341. The number of hydrogen-bond donors (Lipinski definition) is 0. The fourth-order valence-corrected chi connectivity index (χ4v) is 2.01. The van der Waals surface area contributed by atoms with Gasteiger partial charge in [-0.2, -0.15) is 0 Å². The van der Waals surface area contributed by atoms with Gasteiger partial charge >= 0.3 is 11.9 Å². The fraction of sp³-hybridized carbons (Fsp3) is 0.889. The van der Waals surface area contributed by atoms with E-state index in [1.54, 1.807) is 0 Å². The Morgan fingerprint density at radius 1 is 0.818 bits per heavy atom. The molecule has 0 aliphatic carbocycles. The van der Waals surface area contributed by atoms with Gasteiger partial charge in [0.15, 0.2) is 0 Å². The third-order valence-electron chi connectivity index (χ3n) is 3.68. The largest absolute Gasteiger partial charge is 0.466 e. The Bertz CT molecular complexity index is 289. The second kappa shape index (κ2) is 14.9. The van der Waals surface area contributed by atoms with Crippen molar-refractivity contribution in [2.24, 2.45) is 0 Å². The third kappa shape index (κ3) is 13.9. The van der Waals surface area contributed by atoms with Gasteiger partial charge in [0.2, 0.25) is 0 Å². The molecule has 130 valence electrons. The number of ether oxygens (including phenoxy) is 2. The van der Waals surface area contributed by atoms with Crippen molar-refractivity contribution in [1.29, 1.82) is 0 Å². The summed E-state index contributed by atoms with van der Waals surface area (Å²) in [5.74, 6) is -0.148. The van der Waals surface area contributed by atoms with Crippen LogP contribution in [-0.2, 0) is 19.1 Å². The average Bonchev–Trinajstić information content (AvgIpc) is 2.50. The predicted molar refractivity (Wildman–Crippen MR) is 88.6 cm³/mol. The summed E-state index contributed by atoms with van der Waals surface area (Å²) in [6.45, 7) is 6.57. The van der Waals surface area contributed by atoms with Gasteiger partial charge in [-0.1, -0.05) is 46.0 Å². The number of unbranched alkanes of at least 4 members (excludes halogenated alkanes) is 6. The molecule has 0 aromatic heterocycles. The van der Waals surface area contributed by atoms with Gasteiger partial charge in [0.05, 0.1) is 12.7 Å². The van der Waals surface area contributed by atoms with E-state index < -0.39 is 0 Å². The highest BCUT2D eigenvalue weighted by molar-refractivity contribution is 5.69. The first-order chi connectivity index (χ1) is 10.6. The second-order valence-electron chi connectivity index (χ2n) is 5.90.